The van der Waals surface area contributed by atoms with Crippen molar-refractivity contribution in [3.63, 3.8) is 0 Å². The Morgan fingerprint density at radius 1 is 1.13 bits per heavy atom. The van der Waals surface area contributed by atoms with Gasteiger partial charge in [0.1, 0.15) is 6.33 Å². The molecule has 0 saturated carbocycles. The fourth-order valence-corrected chi connectivity index (χ4v) is 5.08. The third-order valence-corrected chi connectivity index (χ3v) is 6.60. The number of likely N-dealkylation sites (tertiary alicyclic amines) is 1. The second kappa shape index (κ2) is 8.33. The van der Waals surface area contributed by atoms with Crippen LogP contribution in [-0.2, 0) is 11.3 Å². The summed E-state index contributed by atoms with van der Waals surface area (Å²) in [5, 5.41) is 15.5. The van der Waals surface area contributed by atoms with Crippen molar-refractivity contribution in [1.82, 2.24) is 25.1 Å². The Bertz CT molecular complexity index is 1110. The Labute approximate surface area is 178 Å². The number of tetrazole rings is 1. The minimum absolute atomic E-state index is 0.0611. The number of rotatable bonds is 5. The molecule has 1 saturated heterocycles. The molecule has 30 heavy (non-hydrogen) atoms. The summed E-state index contributed by atoms with van der Waals surface area (Å²) in [6.45, 7) is 1.76. The van der Waals surface area contributed by atoms with Crippen LogP contribution in [0.25, 0.3) is 15.8 Å². The largest absolute Gasteiger partial charge is 0.325 e. The molecule has 5 rings (SSSR count). The van der Waals surface area contributed by atoms with Gasteiger partial charge >= 0.3 is 0 Å². The summed E-state index contributed by atoms with van der Waals surface area (Å²) < 4.78 is 2.88. The Kier molecular flexibility index (Phi) is 5.25. The number of carbonyl (C=O) groups excluding carboxylic acids is 1. The first kappa shape index (κ1) is 18.9. The van der Waals surface area contributed by atoms with Crippen molar-refractivity contribution in [3.8, 4) is 5.69 Å². The van der Waals surface area contributed by atoms with Crippen LogP contribution in [0.2, 0.25) is 0 Å². The number of carbonyl (C=O) groups is 1. The summed E-state index contributed by atoms with van der Waals surface area (Å²) >= 11 is 1.82. The highest BCUT2D eigenvalue weighted by Crippen LogP contribution is 2.29. The average Bonchev–Trinajstić information content (AvgIpc) is 3.44. The lowest BCUT2D eigenvalue weighted by Crippen LogP contribution is -2.46. The smallest absolute Gasteiger partial charge is 0.241 e. The van der Waals surface area contributed by atoms with E-state index in [0.717, 1.165) is 43.7 Å². The number of aromatic nitrogens is 4. The molecule has 0 spiro atoms. The van der Waals surface area contributed by atoms with Crippen LogP contribution in [0, 0.1) is 0 Å². The SMILES string of the molecule is O=C(Nc1ccc(-n2cnnn2)cc1)C1CCCCN1Cc1cc2ccccc2s1. The summed E-state index contributed by atoms with van der Waals surface area (Å²) in [6, 6.07) is 18.1. The first-order valence-corrected chi connectivity index (χ1v) is 10.9. The zero-order valence-electron chi connectivity index (χ0n) is 16.4. The van der Waals surface area contributed by atoms with Crippen LogP contribution < -0.4 is 5.32 Å². The maximum Gasteiger partial charge on any atom is 0.241 e. The van der Waals surface area contributed by atoms with E-state index < -0.39 is 0 Å². The molecule has 152 valence electrons. The number of amides is 1. The molecule has 1 atom stereocenters. The second-order valence-corrected chi connectivity index (χ2v) is 8.69. The van der Waals surface area contributed by atoms with Crippen molar-refractivity contribution in [2.24, 2.45) is 0 Å². The summed E-state index contributed by atoms with van der Waals surface area (Å²) in [5.74, 6) is 0.0611. The van der Waals surface area contributed by atoms with Crippen LogP contribution in [0.3, 0.4) is 0 Å². The second-order valence-electron chi connectivity index (χ2n) is 7.52. The van der Waals surface area contributed by atoms with E-state index in [-0.39, 0.29) is 11.9 Å². The normalized spacial score (nSPS) is 17.3. The van der Waals surface area contributed by atoms with E-state index in [9.17, 15) is 4.79 Å². The first-order chi connectivity index (χ1) is 14.8. The molecule has 0 radical (unpaired) electrons. The van der Waals surface area contributed by atoms with Crippen molar-refractivity contribution in [2.75, 3.05) is 11.9 Å². The van der Waals surface area contributed by atoms with E-state index in [2.05, 4.69) is 56.1 Å². The van der Waals surface area contributed by atoms with Crippen LogP contribution in [0.15, 0.2) is 60.9 Å². The minimum atomic E-state index is -0.108. The fraction of sp³-hybridized carbons (Fsp3) is 0.273. The van der Waals surface area contributed by atoms with Gasteiger partial charge in [-0.1, -0.05) is 24.6 Å². The molecule has 1 amide bonds. The quantitative estimate of drug-likeness (QED) is 0.532. The van der Waals surface area contributed by atoms with Gasteiger partial charge in [0.05, 0.1) is 11.7 Å². The highest BCUT2D eigenvalue weighted by molar-refractivity contribution is 7.19. The van der Waals surface area contributed by atoms with Gasteiger partial charge in [-0.05, 0) is 71.6 Å². The number of thiophene rings is 1. The van der Waals surface area contributed by atoms with E-state index in [1.807, 2.05) is 35.6 Å². The summed E-state index contributed by atoms with van der Waals surface area (Å²) in [7, 11) is 0. The lowest BCUT2D eigenvalue weighted by atomic mass is 10.0. The molecular weight excluding hydrogens is 396 g/mol. The van der Waals surface area contributed by atoms with E-state index in [1.165, 1.54) is 15.0 Å². The van der Waals surface area contributed by atoms with Crippen LogP contribution in [-0.4, -0.2) is 43.6 Å². The van der Waals surface area contributed by atoms with Crippen LogP contribution >= 0.6 is 11.3 Å². The summed E-state index contributed by atoms with van der Waals surface area (Å²) in [4.78, 5) is 16.7. The van der Waals surface area contributed by atoms with Crippen LogP contribution in [0.4, 0.5) is 5.69 Å². The van der Waals surface area contributed by atoms with E-state index in [0.29, 0.717) is 0 Å². The number of piperidine rings is 1. The van der Waals surface area contributed by atoms with Crippen LogP contribution in [0.1, 0.15) is 24.1 Å². The Balaban J connectivity index is 1.28. The van der Waals surface area contributed by atoms with Gasteiger partial charge in [0.2, 0.25) is 5.91 Å². The van der Waals surface area contributed by atoms with Gasteiger partial charge in [-0.3, -0.25) is 9.69 Å². The fourth-order valence-electron chi connectivity index (χ4n) is 3.99. The zero-order chi connectivity index (χ0) is 20.3. The van der Waals surface area contributed by atoms with Crippen molar-refractivity contribution in [1.29, 1.82) is 0 Å². The summed E-state index contributed by atoms with van der Waals surface area (Å²) in [6.07, 6.45) is 4.65. The van der Waals surface area contributed by atoms with Gasteiger partial charge in [-0.2, -0.15) is 0 Å². The monoisotopic (exact) mass is 418 g/mol. The molecule has 0 aliphatic carbocycles. The number of benzene rings is 2. The molecule has 2 aromatic carbocycles. The molecule has 1 N–H and O–H groups in total. The third kappa shape index (κ3) is 3.96. The first-order valence-electron chi connectivity index (χ1n) is 10.1. The van der Waals surface area contributed by atoms with Gasteiger partial charge in [0.25, 0.3) is 0 Å². The third-order valence-electron chi connectivity index (χ3n) is 5.50. The van der Waals surface area contributed by atoms with Gasteiger partial charge in [-0.15, -0.1) is 16.4 Å². The van der Waals surface area contributed by atoms with Crippen molar-refractivity contribution in [2.45, 2.75) is 31.8 Å². The number of hydrogen-bond acceptors (Lipinski definition) is 6. The van der Waals surface area contributed by atoms with E-state index in [1.54, 1.807) is 11.0 Å². The van der Waals surface area contributed by atoms with Gasteiger partial charge < -0.3 is 5.32 Å². The molecule has 3 heterocycles. The number of fused-ring (bicyclic) bond motifs is 1. The Morgan fingerprint density at radius 2 is 2.00 bits per heavy atom. The molecule has 8 heteroatoms. The molecule has 1 fully saturated rings. The van der Waals surface area contributed by atoms with Gasteiger partial charge in [0, 0.05) is 21.8 Å². The Morgan fingerprint density at radius 3 is 2.80 bits per heavy atom. The van der Waals surface area contributed by atoms with Gasteiger partial charge in [-0.25, -0.2) is 4.68 Å². The number of nitrogens with zero attached hydrogens (tertiary/aromatic N) is 5. The Hall–Kier alpha value is -3.10. The molecular formula is C22H22N6OS. The molecule has 4 aromatic rings. The maximum atomic E-state index is 13.1. The number of nitrogens with one attached hydrogen (secondary N) is 1. The van der Waals surface area contributed by atoms with Crippen molar-refractivity contribution >= 4 is 33.0 Å². The summed E-state index contributed by atoms with van der Waals surface area (Å²) in [5.41, 5.74) is 1.63. The van der Waals surface area contributed by atoms with Crippen molar-refractivity contribution in [3.05, 3.63) is 65.8 Å². The molecule has 1 aliphatic heterocycles. The molecule has 1 aliphatic rings. The van der Waals surface area contributed by atoms with Crippen LogP contribution in [0.5, 0.6) is 0 Å². The highest BCUT2D eigenvalue weighted by atomic mass is 32.1. The minimum Gasteiger partial charge on any atom is -0.325 e. The lowest BCUT2D eigenvalue weighted by Gasteiger charge is -2.34. The van der Waals surface area contributed by atoms with E-state index in [4.69, 9.17) is 0 Å². The molecule has 1 unspecified atom stereocenters. The predicted octanol–water partition coefficient (Wildman–Crippen LogP) is 3.87. The molecule has 0 bridgehead atoms. The predicted molar refractivity (Wildman–Crippen MR) is 118 cm³/mol. The standard InChI is InChI=1S/C22H22N6OS/c29-22(24-17-8-10-18(11-9-17)28-15-23-25-26-28)20-6-3-4-12-27(20)14-19-13-16-5-1-2-7-21(16)30-19/h1-2,5,7-11,13,15,20H,3-4,6,12,14H2,(H,24,29). The lowest BCUT2D eigenvalue weighted by molar-refractivity contribution is -0.122. The average molecular weight is 419 g/mol. The molecule has 2 aromatic heterocycles. The topological polar surface area (TPSA) is 75.9 Å². The van der Waals surface area contributed by atoms with Crippen molar-refractivity contribution < 1.29 is 4.79 Å². The number of anilines is 1. The van der Waals surface area contributed by atoms with Gasteiger partial charge in [0.15, 0.2) is 0 Å². The highest BCUT2D eigenvalue weighted by Gasteiger charge is 2.29. The molecule has 7 nitrogen and oxygen atoms in total. The van der Waals surface area contributed by atoms with E-state index >= 15 is 0 Å². The zero-order valence-corrected chi connectivity index (χ0v) is 17.3. The number of hydrogen-bond donors (Lipinski definition) is 1. The maximum absolute atomic E-state index is 13.1.